The number of carbonyl (C=O) groups excluding carboxylic acids is 2. The lowest BCUT2D eigenvalue weighted by atomic mass is 10.0. The topological polar surface area (TPSA) is 116 Å². The van der Waals surface area contributed by atoms with Crippen LogP contribution in [0.4, 0.5) is 5.69 Å². The summed E-state index contributed by atoms with van der Waals surface area (Å²) in [6.45, 7) is 1.43. The van der Waals surface area contributed by atoms with Crippen LogP contribution in [0.1, 0.15) is 17.3 Å². The molecule has 0 aliphatic rings. The summed E-state index contributed by atoms with van der Waals surface area (Å²) in [4.78, 5) is 24.5. The van der Waals surface area contributed by atoms with E-state index in [0.717, 1.165) is 11.1 Å². The van der Waals surface area contributed by atoms with E-state index in [1.165, 1.54) is 31.2 Å². The third kappa shape index (κ3) is 5.31. The maximum Gasteiger partial charge on any atom is 0.338 e. The second-order valence-corrected chi connectivity index (χ2v) is 8.11. The number of anilines is 1. The first-order chi connectivity index (χ1) is 14.2. The summed E-state index contributed by atoms with van der Waals surface area (Å²) in [5.74, 6) is -1.24. The van der Waals surface area contributed by atoms with E-state index < -0.39 is 28.0 Å². The molecule has 0 saturated heterocycles. The van der Waals surface area contributed by atoms with Gasteiger partial charge in [0.2, 0.25) is 10.0 Å². The minimum Gasteiger partial charge on any atom is -0.449 e. The van der Waals surface area contributed by atoms with Crippen LogP contribution in [0.3, 0.4) is 0 Å². The molecule has 0 aliphatic carbocycles. The van der Waals surface area contributed by atoms with Crippen LogP contribution in [0.15, 0.2) is 83.8 Å². The van der Waals surface area contributed by atoms with Crippen LogP contribution in [0.2, 0.25) is 0 Å². The highest BCUT2D eigenvalue weighted by Gasteiger charge is 2.20. The monoisotopic (exact) mass is 424 g/mol. The lowest BCUT2D eigenvalue weighted by Gasteiger charge is -2.14. The predicted octanol–water partition coefficient (Wildman–Crippen LogP) is 3.18. The van der Waals surface area contributed by atoms with Gasteiger partial charge in [0.1, 0.15) is 0 Å². The fourth-order valence-corrected chi connectivity index (χ4v) is 3.27. The van der Waals surface area contributed by atoms with Crippen molar-refractivity contribution < 1.29 is 22.7 Å². The Balaban J connectivity index is 1.63. The van der Waals surface area contributed by atoms with Gasteiger partial charge in [-0.05, 0) is 48.4 Å². The van der Waals surface area contributed by atoms with Crippen LogP contribution in [0.5, 0.6) is 0 Å². The fourth-order valence-electron chi connectivity index (χ4n) is 2.71. The van der Waals surface area contributed by atoms with Crippen LogP contribution >= 0.6 is 0 Å². The molecule has 30 heavy (non-hydrogen) atoms. The summed E-state index contributed by atoms with van der Waals surface area (Å²) in [7, 11) is -3.90. The van der Waals surface area contributed by atoms with Crippen molar-refractivity contribution in [1.29, 1.82) is 0 Å². The number of benzene rings is 3. The molecule has 3 aromatic carbocycles. The molecule has 0 bridgehead atoms. The number of nitrogens with one attached hydrogen (secondary N) is 1. The smallest absolute Gasteiger partial charge is 0.338 e. The van der Waals surface area contributed by atoms with Crippen molar-refractivity contribution in [2.45, 2.75) is 17.9 Å². The molecule has 1 amide bonds. The molecule has 1 unspecified atom stereocenters. The van der Waals surface area contributed by atoms with Crippen molar-refractivity contribution in [1.82, 2.24) is 0 Å². The van der Waals surface area contributed by atoms with Crippen molar-refractivity contribution >= 4 is 27.6 Å². The van der Waals surface area contributed by atoms with E-state index in [4.69, 9.17) is 9.88 Å². The third-order valence-electron chi connectivity index (χ3n) is 4.31. The molecule has 0 fully saturated rings. The number of esters is 1. The van der Waals surface area contributed by atoms with Gasteiger partial charge < -0.3 is 10.1 Å². The van der Waals surface area contributed by atoms with Gasteiger partial charge in [0.15, 0.2) is 6.10 Å². The van der Waals surface area contributed by atoms with Gasteiger partial charge >= 0.3 is 5.97 Å². The van der Waals surface area contributed by atoms with Crippen LogP contribution in [-0.4, -0.2) is 26.4 Å². The standard InChI is InChI=1S/C22H20N2O5S/c1-15(21(25)24-19-8-5-9-20(14-19)30(23,27)28)29-22(26)18-12-10-17(11-13-18)16-6-3-2-4-7-16/h2-15H,1H3,(H,24,25)(H2,23,27,28). The Morgan fingerprint density at radius 2 is 1.53 bits per heavy atom. The summed E-state index contributed by atoms with van der Waals surface area (Å²) in [5.41, 5.74) is 2.51. The zero-order valence-electron chi connectivity index (χ0n) is 16.1. The first-order valence-corrected chi connectivity index (χ1v) is 10.6. The van der Waals surface area contributed by atoms with E-state index in [2.05, 4.69) is 5.32 Å². The third-order valence-corrected chi connectivity index (χ3v) is 5.22. The molecule has 0 spiro atoms. The lowest BCUT2D eigenvalue weighted by Crippen LogP contribution is -2.30. The highest BCUT2D eigenvalue weighted by atomic mass is 32.2. The van der Waals surface area contributed by atoms with Crippen LogP contribution in [0, 0.1) is 0 Å². The van der Waals surface area contributed by atoms with Crippen LogP contribution in [-0.2, 0) is 19.6 Å². The van der Waals surface area contributed by atoms with Gasteiger partial charge in [-0.1, -0.05) is 48.5 Å². The Morgan fingerprint density at radius 3 is 2.17 bits per heavy atom. The molecule has 0 saturated carbocycles. The van der Waals surface area contributed by atoms with E-state index in [1.54, 1.807) is 24.3 Å². The number of ether oxygens (including phenoxy) is 1. The number of primary sulfonamides is 1. The Kier molecular flexibility index (Phi) is 6.29. The van der Waals surface area contributed by atoms with Gasteiger partial charge in [0.05, 0.1) is 10.5 Å². The quantitative estimate of drug-likeness (QED) is 0.590. The molecule has 0 aromatic heterocycles. The van der Waals surface area contributed by atoms with Gasteiger partial charge in [-0.25, -0.2) is 18.4 Å². The number of nitrogens with two attached hydrogens (primary N) is 1. The van der Waals surface area contributed by atoms with E-state index in [9.17, 15) is 18.0 Å². The Bertz CT molecular complexity index is 1160. The second-order valence-electron chi connectivity index (χ2n) is 6.55. The Hall–Kier alpha value is -3.49. The number of amides is 1. The van der Waals surface area contributed by atoms with Crippen molar-refractivity contribution in [3.63, 3.8) is 0 Å². The second kappa shape index (κ2) is 8.89. The molecular weight excluding hydrogens is 404 g/mol. The predicted molar refractivity (Wildman–Crippen MR) is 113 cm³/mol. The molecule has 0 radical (unpaired) electrons. The van der Waals surface area contributed by atoms with E-state index in [0.29, 0.717) is 5.56 Å². The molecule has 3 rings (SSSR count). The summed E-state index contributed by atoms with van der Waals surface area (Å²) in [5, 5.41) is 7.59. The largest absolute Gasteiger partial charge is 0.449 e. The summed E-state index contributed by atoms with van der Waals surface area (Å²) in [6.07, 6.45) is -1.09. The zero-order chi connectivity index (χ0) is 21.7. The Morgan fingerprint density at radius 1 is 0.900 bits per heavy atom. The van der Waals surface area contributed by atoms with Crippen molar-refractivity contribution in [3.8, 4) is 11.1 Å². The molecule has 0 heterocycles. The van der Waals surface area contributed by atoms with E-state index in [-0.39, 0.29) is 10.6 Å². The minimum absolute atomic E-state index is 0.136. The van der Waals surface area contributed by atoms with Crippen LogP contribution < -0.4 is 10.5 Å². The van der Waals surface area contributed by atoms with Gasteiger partial charge in [-0.2, -0.15) is 0 Å². The number of rotatable bonds is 6. The molecule has 154 valence electrons. The SMILES string of the molecule is CC(OC(=O)c1ccc(-c2ccccc2)cc1)C(=O)Nc1cccc(S(N)(=O)=O)c1. The molecule has 3 aromatic rings. The molecule has 8 heteroatoms. The number of hydrogen-bond acceptors (Lipinski definition) is 5. The number of hydrogen-bond donors (Lipinski definition) is 2. The molecule has 1 atom stereocenters. The summed E-state index contributed by atoms with van der Waals surface area (Å²) in [6, 6.07) is 22.1. The zero-order valence-corrected chi connectivity index (χ0v) is 16.9. The average molecular weight is 424 g/mol. The molecule has 7 nitrogen and oxygen atoms in total. The van der Waals surface area contributed by atoms with Gasteiger partial charge in [0.25, 0.3) is 5.91 Å². The maximum absolute atomic E-state index is 12.3. The van der Waals surface area contributed by atoms with E-state index in [1.807, 2.05) is 30.3 Å². The highest BCUT2D eigenvalue weighted by Crippen LogP contribution is 2.20. The van der Waals surface area contributed by atoms with Gasteiger partial charge in [-0.3, -0.25) is 4.79 Å². The molecular formula is C22H20N2O5S. The lowest BCUT2D eigenvalue weighted by molar-refractivity contribution is -0.123. The summed E-state index contributed by atoms with van der Waals surface area (Å²) < 4.78 is 28.1. The summed E-state index contributed by atoms with van der Waals surface area (Å²) >= 11 is 0. The first-order valence-electron chi connectivity index (χ1n) is 9.04. The molecule has 3 N–H and O–H groups in total. The van der Waals surface area contributed by atoms with Crippen LogP contribution in [0.25, 0.3) is 11.1 Å². The minimum atomic E-state index is -3.90. The van der Waals surface area contributed by atoms with Crippen molar-refractivity contribution in [2.75, 3.05) is 5.32 Å². The van der Waals surface area contributed by atoms with Gasteiger partial charge in [-0.15, -0.1) is 0 Å². The number of carbonyl (C=O) groups is 2. The number of sulfonamides is 1. The van der Waals surface area contributed by atoms with E-state index >= 15 is 0 Å². The highest BCUT2D eigenvalue weighted by molar-refractivity contribution is 7.89. The Labute approximate surface area is 174 Å². The first kappa shape index (κ1) is 21.2. The van der Waals surface area contributed by atoms with Crippen molar-refractivity contribution in [2.24, 2.45) is 5.14 Å². The fraction of sp³-hybridized carbons (Fsp3) is 0.0909. The average Bonchev–Trinajstić information content (AvgIpc) is 2.74. The molecule has 0 aliphatic heterocycles. The van der Waals surface area contributed by atoms with Crippen molar-refractivity contribution in [3.05, 3.63) is 84.4 Å². The maximum atomic E-state index is 12.3. The normalized spacial score (nSPS) is 12.1. The van der Waals surface area contributed by atoms with Gasteiger partial charge in [0, 0.05) is 5.69 Å².